The second kappa shape index (κ2) is 68.9. The van der Waals surface area contributed by atoms with Crippen molar-refractivity contribution in [2.45, 2.75) is 427 Å². The molecule has 0 spiro atoms. The Morgan fingerprint density at radius 3 is 0.632 bits per heavy atom. The van der Waals surface area contributed by atoms with Crippen LogP contribution in [0.4, 0.5) is 0 Å². The van der Waals surface area contributed by atoms with Crippen LogP contribution in [-0.4, -0.2) is 54.4 Å². The molecule has 0 fully saturated rings. The van der Waals surface area contributed by atoms with Gasteiger partial charge in [0.05, 0.1) is 39.6 Å². The summed E-state index contributed by atoms with van der Waals surface area (Å²) < 4.78 is 42.8. The first-order valence-corrected chi connectivity index (χ1v) is 49.4. The Hall–Kier alpha value is -6.84. The smallest absolute Gasteiger partial charge is 0.203 e. The third-order valence-electron chi connectivity index (χ3n) is 23.2. The largest absolute Gasteiger partial charge is 0.490 e. The van der Waals surface area contributed by atoms with Gasteiger partial charge in [-0.2, -0.15) is 0 Å². The lowest BCUT2D eigenvalue weighted by molar-refractivity contribution is 0.234. The van der Waals surface area contributed by atoms with E-state index in [0.29, 0.717) is 39.6 Å². The standard InChI is InChI=1S/C108H167N3O6/c1-7-13-19-25-31-37-43-49-55-64-84-112-101-90-96(91-102(113-85-65-56-50-44-38-32-26-20-14-8-2)105(101)116-88-68-59-53-47-41-35-29-23-17-11-5)74-72-94-76-80-98(81-77-94)107-109-110-108(111(107)100-70-62-61-63-71-100)99-82-78-95(79-83-99)73-75-97-92-103(114-86-66-57-51-45-39-33-27-21-15-9-3)106(117-89-69-60-54-48-42-36-30-24-18-12-6)104(93-97)115-87-67-58-52-46-40-34-28-22-16-10-4/h61-63,70-71,76-83,90-93H,7-60,64-69,84-89H2,1-6H3. The highest BCUT2D eigenvalue weighted by Gasteiger charge is 2.21. The van der Waals surface area contributed by atoms with Gasteiger partial charge in [0.15, 0.2) is 34.6 Å². The molecule has 0 unspecified atom stereocenters. The van der Waals surface area contributed by atoms with E-state index in [-0.39, 0.29) is 0 Å². The van der Waals surface area contributed by atoms with Gasteiger partial charge in [0, 0.05) is 39.1 Å². The number of benzene rings is 5. The third kappa shape index (κ3) is 45.4. The summed E-state index contributed by atoms with van der Waals surface area (Å²) >= 11 is 0. The molecule has 5 aromatic carbocycles. The highest BCUT2D eigenvalue weighted by Crippen LogP contribution is 2.42. The molecule has 9 heteroatoms. The molecule has 0 N–H and O–H groups in total. The van der Waals surface area contributed by atoms with Crippen molar-refractivity contribution in [2.24, 2.45) is 0 Å². The topological polar surface area (TPSA) is 86.1 Å². The Balaban J connectivity index is 1.22. The molecule has 0 aliphatic heterocycles. The Morgan fingerprint density at radius 2 is 0.410 bits per heavy atom. The molecule has 6 aromatic rings. The Morgan fingerprint density at radius 1 is 0.214 bits per heavy atom. The van der Waals surface area contributed by atoms with Gasteiger partial charge in [-0.25, -0.2) is 0 Å². The van der Waals surface area contributed by atoms with Gasteiger partial charge in [-0.1, -0.05) is 430 Å². The number of para-hydroxylation sites is 1. The first-order valence-electron chi connectivity index (χ1n) is 49.4. The number of unbranched alkanes of at least 4 members (excludes halogenated alkanes) is 54. The van der Waals surface area contributed by atoms with Crippen molar-refractivity contribution in [2.75, 3.05) is 39.6 Å². The number of nitrogens with zero attached hydrogens (tertiary/aromatic N) is 3. The lowest BCUT2D eigenvalue weighted by atomic mass is 10.1. The molecule has 1 heterocycles. The van der Waals surface area contributed by atoms with Gasteiger partial charge in [-0.05, 0) is 123 Å². The van der Waals surface area contributed by atoms with Gasteiger partial charge in [-0.3, -0.25) is 4.57 Å². The van der Waals surface area contributed by atoms with E-state index in [1.165, 1.54) is 321 Å². The maximum atomic E-state index is 6.78. The van der Waals surface area contributed by atoms with Crippen molar-refractivity contribution < 1.29 is 28.4 Å². The van der Waals surface area contributed by atoms with Crippen molar-refractivity contribution in [3.05, 3.63) is 125 Å². The maximum Gasteiger partial charge on any atom is 0.203 e. The minimum atomic E-state index is 0.635. The molecule has 117 heavy (non-hydrogen) atoms. The number of aromatic nitrogens is 3. The minimum Gasteiger partial charge on any atom is -0.490 e. The van der Waals surface area contributed by atoms with Crippen LogP contribution in [0.5, 0.6) is 34.5 Å². The molecule has 0 saturated carbocycles. The van der Waals surface area contributed by atoms with E-state index >= 15 is 0 Å². The second-order valence-electron chi connectivity index (χ2n) is 34.0. The zero-order chi connectivity index (χ0) is 82.4. The van der Waals surface area contributed by atoms with Gasteiger partial charge in [0.25, 0.3) is 0 Å². The molecule has 0 radical (unpaired) electrons. The molecule has 9 nitrogen and oxygen atoms in total. The van der Waals surface area contributed by atoms with Crippen LogP contribution in [0.3, 0.4) is 0 Å². The molecule has 0 amide bonds. The highest BCUT2D eigenvalue weighted by molar-refractivity contribution is 5.68. The summed E-state index contributed by atoms with van der Waals surface area (Å²) in [5.74, 6) is 20.1. The van der Waals surface area contributed by atoms with Gasteiger partial charge in [-0.15, -0.1) is 10.2 Å². The molecule has 1 aromatic heterocycles. The maximum absolute atomic E-state index is 6.78. The zero-order valence-electron chi connectivity index (χ0n) is 75.8. The normalized spacial score (nSPS) is 11.2. The summed E-state index contributed by atoms with van der Waals surface area (Å²) in [5, 5.41) is 9.84. The molecule has 0 bridgehead atoms. The van der Waals surface area contributed by atoms with Crippen LogP contribution in [0, 0.1) is 23.7 Å². The van der Waals surface area contributed by atoms with E-state index in [9.17, 15) is 0 Å². The van der Waals surface area contributed by atoms with Crippen molar-refractivity contribution in [3.63, 3.8) is 0 Å². The first-order chi connectivity index (χ1) is 58.0. The monoisotopic (exact) mass is 1600 g/mol. The summed E-state index contributed by atoms with van der Waals surface area (Å²) in [4.78, 5) is 0. The summed E-state index contributed by atoms with van der Waals surface area (Å²) in [6.45, 7) is 17.6. The van der Waals surface area contributed by atoms with E-state index < -0.39 is 0 Å². The first kappa shape index (κ1) is 99.0. The molecular weight excluding hydrogens is 1440 g/mol. The fourth-order valence-electron chi connectivity index (χ4n) is 15.8. The molecule has 0 aliphatic carbocycles. The highest BCUT2D eigenvalue weighted by atomic mass is 16.5. The molecule has 6 rings (SSSR count). The summed E-state index contributed by atoms with van der Waals surface area (Å²) in [7, 11) is 0. The van der Waals surface area contributed by atoms with Crippen LogP contribution in [0.1, 0.15) is 449 Å². The SMILES string of the molecule is CCCCCCCCCCCCOc1cc(C#Cc2ccc(-c3nnc(-c4ccc(C#Cc5cc(OCCCCCCCCCCCC)c(OCCCCCCCCCCCC)c(OCCCCCCCCCCCC)c5)cc4)n3-c3ccccc3)cc2)cc(OCCCCCCCCCCCC)c1OCCCCCCCCCCCC. The van der Waals surface area contributed by atoms with Crippen molar-refractivity contribution in [3.8, 4) is 86.6 Å². The summed E-state index contributed by atoms with van der Waals surface area (Å²) in [6.07, 6.45) is 76.7. The lowest BCUT2D eigenvalue weighted by Gasteiger charge is -2.18. The van der Waals surface area contributed by atoms with Crippen LogP contribution in [0.25, 0.3) is 28.5 Å². The minimum absolute atomic E-state index is 0.635. The van der Waals surface area contributed by atoms with Gasteiger partial charge < -0.3 is 28.4 Å². The van der Waals surface area contributed by atoms with E-state index in [0.717, 1.165) is 149 Å². The zero-order valence-corrected chi connectivity index (χ0v) is 75.8. The number of rotatable bonds is 75. The molecule has 0 aliphatic rings. The van der Waals surface area contributed by atoms with E-state index in [1.54, 1.807) is 0 Å². The quantitative estimate of drug-likeness (QED) is 0.0276. The Bertz CT molecular complexity index is 3180. The number of hydrogen-bond acceptors (Lipinski definition) is 8. The number of hydrogen-bond donors (Lipinski definition) is 0. The van der Waals surface area contributed by atoms with Gasteiger partial charge in [0.2, 0.25) is 11.5 Å². The van der Waals surface area contributed by atoms with Crippen molar-refractivity contribution in [1.82, 2.24) is 14.8 Å². The summed E-state index contributed by atoms with van der Waals surface area (Å²) in [5.41, 5.74) is 6.35. The fraction of sp³-hybridized carbons (Fsp3) is 0.667. The van der Waals surface area contributed by atoms with Gasteiger partial charge >= 0.3 is 0 Å². The van der Waals surface area contributed by atoms with E-state index in [1.807, 2.05) is 0 Å². The Labute approximate surface area is 717 Å². The number of ether oxygens (including phenoxy) is 6. The van der Waals surface area contributed by atoms with Crippen molar-refractivity contribution in [1.29, 1.82) is 0 Å². The third-order valence-corrected chi connectivity index (χ3v) is 23.2. The second-order valence-corrected chi connectivity index (χ2v) is 34.0. The van der Waals surface area contributed by atoms with Crippen LogP contribution < -0.4 is 28.4 Å². The predicted molar refractivity (Wildman–Crippen MR) is 501 cm³/mol. The van der Waals surface area contributed by atoms with E-state index in [4.69, 9.17) is 38.6 Å². The molecule has 650 valence electrons. The lowest BCUT2D eigenvalue weighted by Crippen LogP contribution is -2.07. The average molecular weight is 1600 g/mol. The molecular formula is C108H167N3O6. The fourth-order valence-corrected chi connectivity index (χ4v) is 15.8. The van der Waals surface area contributed by atoms with Crippen molar-refractivity contribution >= 4 is 0 Å². The van der Waals surface area contributed by atoms with E-state index in [2.05, 4.69) is 173 Å². The van der Waals surface area contributed by atoms with Crippen LogP contribution in [0.2, 0.25) is 0 Å². The Kier molecular flexibility index (Phi) is 58.3. The molecule has 0 saturated heterocycles. The van der Waals surface area contributed by atoms with Gasteiger partial charge in [0.1, 0.15) is 0 Å². The van der Waals surface area contributed by atoms with Crippen LogP contribution in [-0.2, 0) is 0 Å². The molecule has 0 atom stereocenters. The van der Waals surface area contributed by atoms with Crippen LogP contribution in [0.15, 0.2) is 103 Å². The predicted octanol–water partition coefficient (Wildman–Crippen LogP) is 33.2. The van der Waals surface area contributed by atoms with Crippen LogP contribution >= 0.6 is 0 Å². The average Bonchev–Trinajstić information content (AvgIpc) is 1.64. The summed E-state index contributed by atoms with van der Waals surface area (Å²) in [6, 6.07) is 35.6.